The Balaban J connectivity index is 2.59. The highest BCUT2D eigenvalue weighted by Crippen LogP contribution is 2.09. The molecule has 19 heavy (non-hydrogen) atoms. The number of rotatable bonds is 5. The zero-order valence-corrected chi connectivity index (χ0v) is 11.8. The number of nitrogens with zero attached hydrogens (tertiary/aromatic N) is 2. The molecule has 3 N–H and O–H groups in total. The SMILES string of the molecule is Cc1nc(CN(C)C(=O)NC(C(=O)O)C(C)O)cs1. The fourth-order valence-corrected chi connectivity index (χ4v) is 2.03. The van der Waals surface area contributed by atoms with Gasteiger partial charge in [-0.15, -0.1) is 11.3 Å². The minimum absolute atomic E-state index is 0.280. The first-order chi connectivity index (χ1) is 8.81. The van der Waals surface area contributed by atoms with Gasteiger partial charge in [0.1, 0.15) is 0 Å². The van der Waals surface area contributed by atoms with Gasteiger partial charge < -0.3 is 20.4 Å². The number of aliphatic carboxylic acids is 1. The Labute approximate surface area is 114 Å². The van der Waals surface area contributed by atoms with Crippen molar-refractivity contribution in [2.75, 3.05) is 7.05 Å². The van der Waals surface area contributed by atoms with Crippen LogP contribution < -0.4 is 5.32 Å². The third-order valence-electron chi connectivity index (χ3n) is 2.44. The number of carbonyl (C=O) groups is 2. The van der Waals surface area contributed by atoms with Crippen molar-refractivity contribution in [3.05, 3.63) is 16.1 Å². The number of carbonyl (C=O) groups excluding carboxylic acids is 1. The van der Waals surface area contributed by atoms with E-state index in [1.165, 1.54) is 30.2 Å². The molecule has 0 aromatic carbocycles. The summed E-state index contributed by atoms with van der Waals surface area (Å²) in [5.41, 5.74) is 0.740. The van der Waals surface area contributed by atoms with Crippen LogP contribution in [0.5, 0.6) is 0 Å². The van der Waals surface area contributed by atoms with E-state index in [1.54, 1.807) is 0 Å². The molecule has 7 nitrogen and oxygen atoms in total. The van der Waals surface area contributed by atoms with Crippen LogP contribution in [0.15, 0.2) is 5.38 Å². The van der Waals surface area contributed by atoms with Crippen molar-refractivity contribution in [1.29, 1.82) is 0 Å². The Kier molecular flexibility index (Phi) is 5.25. The number of carboxylic acids is 1. The van der Waals surface area contributed by atoms with Gasteiger partial charge in [0.25, 0.3) is 0 Å². The van der Waals surface area contributed by atoms with Gasteiger partial charge in [0.15, 0.2) is 6.04 Å². The molecule has 0 saturated heterocycles. The number of aryl methyl sites for hydroxylation is 1. The maximum absolute atomic E-state index is 11.8. The molecule has 1 heterocycles. The van der Waals surface area contributed by atoms with Crippen molar-refractivity contribution in [2.45, 2.75) is 32.5 Å². The average molecular weight is 287 g/mol. The van der Waals surface area contributed by atoms with Crippen molar-refractivity contribution >= 4 is 23.3 Å². The Bertz CT molecular complexity index is 461. The van der Waals surface area contributed by atoms with E-state index in [9.17, 15) is 14.7 Å². The van der Waals surface area contributed by atoms with Crippen molar-refractivity contribution in [1.82, 2.24) is 15.2 Å². The van der Waals surface area contributed by atoms with Crippen LogP contribution >= 0.6 is 11.3 Å². The number of carboxylic acid groups (broad SMARTS) is 1. The number of amides is 2. The summed E-state index contributed by atoms with van der Waals surface area (Å²) in [7, 11) is 1.53. The van der Waals surface area contributed by atoms with Crippen LogP contribution in [0.1, 0.15) is 17.6 Å². The molecule has 0 spiro atoms. The smallest absolute Gasteiger partial charge is 0.328 e. The molecule has 8 heteroatoms. The predicted molar refractivity (Wildman–Crippen MR) is 70.0 cm³/mol. The third kappa shape index (κ3) is 4.49. The van der Waals surface area contributed by atoms with E-state index in [2.05, 4.69) is 10.3 Å². The van der Waals surface area contributed by atoms with E-state index < -0.39 is 24.1 Å². The Morgan fingerprint density at radius 1 is 1.58 bits per heavy atom. The van der Waals surface area contributed by atoms with Gasteiger partial charge in [0.05, 0.1) is 23.4 Å². The van der Waals surface area contributed by atoms with Crippen molar-refractivity contribution in [3.8, 4) is 0 Å². The van der Waals surface area contributed by atoms with Crippen LogP contribution in [0.2, 0.25) is 0 Å². The fraction of sp³-hybridized carbons (Fsp3) is 0.545. The molecule has 1 rings (SSSR count). The van der Waals surface area contributed by atoms with Crippen LogP contribution in [-0.2, 0) is 11.3 Å². The molecule has 106 valence electrons. The lowest BCUT2D eigenvalue weighted by molar-refractivity contribution is -0.141. The van der Waals surface area contributed by atoms with Gasteiger partial charge >= 0.3 is 12.0 Å². The van der Waals surface area contributed by atoms with Gasteiger partial charge in [-0.1, -0.05) is 0 Å². The average Bonchev–Trinajstić information content (AvgIpc) is 2.70. The lowest BCUT2D eigenvalue weighted by Crippen LogP contribution is -2.51. The van der Waals surface area contributed by atoms with Gasteiger partial charge in [-0.3, -0.25) is 0 Å². The van der Waals surface area contributed by atoms with Gasteiger partial charge in [-0.2, -0.15) is 0 Å². The minimum atomic E-state index is -1.33. The molecule has 0 aliphatic rings. The third-order valence-corrected chi connectivity index (χ3v) is 3.26. The summed E-state index contributed by atoms with van der Waals surface area (Å²) in [6.07, 6.45) is -1.17. The van der Waals surface area contributed by atoms with Crippen molar-refractivity contribution in [2.24, 2.45) is 0 Å². The van der Waals surface area contributed by atoms with Crippen LogP contribution in [0, 0.1) is 6.92 Å². The molecule has 0 saturated carbocycles. The van der Waals surface area contributed by atoms with Gasteiger partial charge in [0, 0.05) is 12.4 Å². The summed E-state index contributed by atoms with van der Waals surface area (Å²) in [5, 5.41) is 23.1. The Morgan fingerprint density at radius 2 is 2.21 bits per heavy atom. The number of thiazole rings is 1. The summed E-state index contributed by atoms with van der Waals surface area (Å²) < 4.78 is 0. The van der Waals surface area contributed by atoms with Crippen LogP contribution in [0.25, 0.3) is 0 Å². The van der Waals surface area contributed by atoms with Crippen molar-refractivity contribution in [3.63, 3.8) is 0 Å². The molecule has 2 amide bonds. The summed E-state index contributed by atoms with van der Waals surface area (Å²) >= 11 is 1.48. The number of nitrogens with one attached hydrogen (secondary N) is 1. The highest BCUT2D eigenvalue weighted by atomic mass is 32.1. The largest absolute Gasteiger partial charge is 0.480 e. The second-order valence-electron chi connectivity index (χ2n) is 4.22. The summed E-state index contributed by atoms with van der Waals surface area (Å²) in [6.45, 7) is 3.45. The van der Waals surface area contributed by atoms with Crippen LogP contribution in [0.4, 0.5) is 4.79 Å². The molecular weight excluding hydrogens is 270 g/mol. The van der Waals surface area contributed by atoms with Gasteiger partial charge in [-0.25, -0.2) is 14.6 Å². The Morgan fingerprint density at radius 3 is 2.63 bits per heavy atom. The predicted octanol–water partition coefficient (Wildman–Crippen LogP) is 0.427. The molecule has 1 aromatic heterocycles. The first-order valence-electron chi connectivity index (χ1n) is 5.64. The van der Waals surface area contributed by atoms with Crippen LogP contribution in [-0.4, -0.2) is 51.3 Å². The lowest BCUT2D eigenvalue weighted by atomic mass is 10.2. The molecule has 2 unspecified atom stereocenters. The normalized spacial score (nSPS) is 13.7. The topological polar surface area (TPSA) is 103 Å². The fourth-order valence-electron chi connectivity index (χ4n) is 1.43. The first-order valence-corrected chi connectivity index (χ1v) is 6.52. The van der Waals surface area contributed by atoms with E-state index in [0.717, 1.165) is 10.7 Å². The molecular formula is C11H17N3O4S. The molecule has 1 aromatic rings. The number of hydrogen-bond donors (Lipinski definition) is 3. The van der Waals surface area contributed by atoms with E-state index >= 15 is 0 Å². The summed E-state index contributed by atoms with van der Waals surface area (Å²) in [5.74, 6) is -1.28. The number of aromatic nitrogens is 1. The minimum Gasteiger partial charge on any atom is -0.480 e. The molecule has 0 fully saturated rings. The second kappa shape index (κ2) is 6.48. The maximum atomic E-state index is 11.8. The number of aliphatic hydroxyl groups is 1. The quantitative estimate of drug-likeness (QED) is 0.728. The molecule has 0 radical (unpaired) electrons. The van der Waals surface area contributed by atoms with Gasteiger partial charge in [0.2, 0.25) is 0 Å². The zero-order valence-electron chi connectivity index (χ0n) is 11.0. The Hall–Kier alpha value is -1.67. The summed E-state index contributed by atoms with van der Waals surface area (Å²) in [4.78, 5) is 28.2. The standard InChI is InChI=1S/C11H17N3O4S/c1-6(15)9(10(16)17)13-11(18)14(3)4-8-5-19-7(2)12-8/h5-6,9,15H,4H2,1-3H3,(H,13,18)(H,16,17). The van der Waals surface area contributed by atoms with E-state index in [1.807, 2.05) is 12.3 Å². The molecule has 0 aliphatic carbocycles. The number of aliphatic hydroxyl groups excluding tert-OH is 1. The highest BCUT2D eigenvalue weighted by molar-refractivity contribution is 7.09. The van der Waals surface area contributed by atoms with Crippen LogP contribution in [0.3, 0.4) is 0 Å². The number of urea groups is 1. The molecule has 0 bridgehead atoms. The van der Waals surface area contributed by atoms with E-state index in [-0.39, 0.29) is 6.54 Å². The molecule has 0 aliphatic heterocycles. The van der Waals surface area contributed by atoms with E-state index in [0.29, 0.717) is 0 Å². The second-order valence-corrected chi connectivity index (χ2v) is 5.28. The highest BCUT2D eigenvalue weighted by Gasteiger charge is 2.26. The monoisotopic (exact) mass is 287 g/mol. The van der Waals surface area contributed by atoms with Crippen molar-refractivity contribution < 1.29 is 19.8 Å². The maximum Gasteiger partial charge on any atom is 0.328 e. The molecule has 2 atom stereocenters. The summed E-state index contributed by atoms with van der Waals surface area (Å²) in [6, 6.07) is -1.90. The zero-order chi connectivity index (χ0) is 14.6. The lowest BCUT2D eigenvalue weighted by Gasteiger charge is -2.22. The first kappa shape index (κ1) is 15.4. The van der Waals surface area contributed by atoms with Gasteiger partial charge in [-0.05, 0) is 13.8 Å². The van der Waals surface area contributed by atoms with E-state index in [4.69, 9.17) is 5.11 Å². The number of hydrogen-bond acceptors (Lipinski definition) is 5.